The lowest BCUT2D eigenvalue weighted by molar-refractivity contribution is 0.0850. The van der Waals surface area contributed by atoms with Crippen molar-refractivity contribution in [3.05, 3.63) is 34.1 Å². The fraction of sp³-hybridized carbons (Fsp3) is 0.417. The van der Waals surface area contributed by atoms with Gasteiger partial charge in [0.1, 0.15) is 5.82 Å². The first-order chi connectivity index (χ1) is 7.09. The second-order valence-electron chi connectivity index (χ2n) is 4.08. The van der Waals surface area contributed by atoms with Crippen molar-refractivity contribution in [1.29, 1.82) is 0 Å². The minimum absolute atomic E-state index is 0.0115. The van der Waals surface area contributed by atoms with Crippen molar-refractivity contribution >= 4 is 17.4 Å². The Hall–Kier alpha value is -0.890. The molecular weight excluding hydrogens is 215 g/mol. The Balaban J connectivity index is 2.38. The van der Waals surface area contributed by atoms with Gasteiger partial charge in [0.15, 0.2) is 5.78 Å². The summed E-state index contributed by atoms with van der Waals surface area (Å²) >= 11 is 5.81. The Kier molecular flexibility index (Phi) is 2.79. The fourth-order valence-electron chi connectivity index (χ4n) is 1.80. The Morgan fingerprint density at radius 2 is 2.13 bits per heavy atom. The number of ketones is 1. The lowest BCUT2D eigenvalue weighted by Crippen LogP contribution is -2.23. The maximum Gasteiger partial charge on any atom is 0.168 e. The monoisotopic (exact) mass is 226 g/mol. The van der Waals surface area contributed by atoms with E-state index < -0.39 is 5.82 Å². The average molecular weight is 227 g/mol. The molecule has 0 atom stereocenters. The molecule has 3 heteroatoms. The zero-order valence-electron chi connectivity index (χ0n) is 8.52. The Morgan fingerprint density at radius 3 is 2.67 bits per heavy atom. The van der Waals surface area contributed by atoms with Crippen LogP contribution in [0.5, 0.6) is 0 Å². The molecule has 1 aromatic carbocycles. The number of carbonyl (C=O) groups is 1. The molecule has 1 aromatic rings. The molecule has 15 heavy (non-hydrogen) atoms. The van der Waals surface area contributed by atoms with Gasteiger partial charge in [-0.15, -0.1) is 0 Å². The van der Waals surface area contributed by atoms with Crippen molar-refractivity contribution < 1.29 is 9.18 Å². The Bertz CT molecular complexity index is 410. The van der Waals surface area contributed by atoms with Gasteiger partial charge in [0.05, 0.1) is 5.56 Å². The van der Waals surface area contributed by atoms with Crippen LogP contribution in [0.25, 0.3) is 0 Å². The van der Waals surface area contributed by atoms with E-state index in [0.29, 0.717) is 10.6 Å². The molecule has 1 nitrogen and oxygen atoms in total. The minimum Gasteiger partial charge on any atom is -0.294 e. The van der Waals surface area contributed by atoms with Gasteiger partial charge < -0.3 is 0 Å². The number of benzene rings is 1. The highest BCUT2D eigenvalue weighted by atomic mass is 35.5. The van der Waals surface area contributed by atoms with Gasteiger partial charge in [0, 0.05) is 10.9 Å². The summed E-state index contributed by atoms with van der Waals surface area (Å²) in [4.78, 5) is 11.9. The predicted octanol–water partition coefficient (Wildman–Crippen LogP) is 3.77. The van der Waals surface area contributed by atoms with Gasteiger partial charge in [-0.25, -0.2) is 4.39 Å². The van der Waals surface area contributed by atoms with E-state index in [0.717, 1.165) is 19.3 Å². The zero-order chi connectivity index (χ0) is 11.0. The summed E-state index contributed by atoms with van der Waals surface area (Å²) in [6, 6.07) is 2.97. The summed E-state index contributed by atoms with van der Waals surface area (Å²) < 4.78 is 13.7. The number of hydrogen-bond acceptors (Lipinski definition) is 1. The van der Waals surface area contributed by atoms with Crippen LogP contribution in [0.2, 0.25) is 5.02 Å². The van der Waals surface area contributed by atoms with Crippen molar-refractivity contribution in [3.8, 4) is 0 Å². The topological polar surface area (TPSA) is 17.1 Å². The second-order valence-corrected chi connectivity index (χ2v) is 4.51. The molecule has 1 aliphatic carbocycles. The molecule has 0 aliphatic heterocycles. The normalized spacial score (nSPS) is 16.2. The molecule has 2 rings (SSSR count). The van der Waals surface area contributed by atoms with Crippen LogP contribution in [0, 0.1) is 18.7 Å². The van der Waals surface area contributed by atoms with Crippen molar-refractivity contribution in [1.82, 2.24) is 0 Å². The van der Waals surface area contributed by atoms with Gasteiger partial charge in [0.25, 0.3) is 0 Å². The van der Waals surface area contributed by atoms with Crippen LogP contribution >= 0.6 is 11.6 Å². The van der Waals surface area contributed by atoms with Gasteiger partial charge in [-0.3, -0.25) is 4.79 Å². The third-order valence-electron chi connectivity index (χ3n) is 2.96. The zero-order valence-corrected chi connectivity index (χ0v) is 9.27. The maximum atomic E-state index is 13.7. The summed E-state index contributed by atoms with van der Waals surface area (Å²) in [5.74, 6) is -0.502. The lowest BCUT2D eigenvalue weighted by Gasteiger charge is -2.24. The molecule has 1 fully saturated rings. The third kappa shape index (κ3) is 1.91. The summed E-state index contributed by atoms with van der Waals surface area (Å²) in [7, 11) is 0. The Labute approximate surface area is 93.2 Å². The van der Waals surface area contributed by atoms with E-state index in [2.05, 4.69) is 0 Å². The van der Waals surface area contributed by atoms with Crippen LogP contribution in [0.1, 0.15) is 35.2 Å². The summed E-state index contributed by atoms with van der Waals surface area (Å²) in [5, 5.41) is 0.427. The van der Waals surface area contributed by atoms with Crippen LogP contribution in [-0.4, -0.2) is 5.78 Å². The highest BCUT2D eigenvalue weighted by Gasteiger charge is 2.28. The molecule has 0 aromatic heterocycles. The minimum atomic E-state index is -0.420. The molecule has 0 spiro atoms. The maximum absolute atomic E-state index is 13.7. The van der Waals surface area contributed by atoms with E-state index in [1.807, 2.05) is 0 Å². The molecule has 0 bridgehead atoms. The van der Waals surface area contributed by atoms with Crippen LogP contribution in [-0.2, 0) is 0 Å². The first kappa shape index (κ1) is 10.6. The predicted molar refractivity (Wildman–Crippen MR) is 57.8 cm³/mol. The highest BCUT2D eigenvalue weighted by Crippen LogP contribution is 2.31. The van der Waals surface area contributed by atoms with Crippen molar-refractivity contribution in [2.45, 2.75) is 26.2 Å². The first-order valence-corrected chi connectivity index (χ1v) is 5.47. The largest absolute Gasteiger partial charge is 0.294 e. The van der Waals surface area contributed by atoms with E-state index in [4.69, 9.17) is 11.6 Å². The molecule has 0 radical (unpaired) electrons. The van der Waals surface area contributed by atoms with Gasteiger partial charge in [-0.05, 0) is 37.5 Å². The average Bonchev–Trinajstić information content (AvgIpc) is 2.08. The van der Waals surface area contributed by atoms with Gasteiger partial charge >= 0.3 is 0 Å². The third-order valence-corrected chi connectivity index (χ3v) is 3.18. The summed E-state index contributed by atoms with van der Waals surface area (Å²) in [6.07, 6.45) is 2.82. The van der Waals surface area contributed by atoms with Crippen LogP contribution in [0.3, 0.4) is 0 Å². The molecule has 0 unspecified atom stereocenters. The SMILES string of the molecule is Cc1cc(Cl)cc(C(=O)C2CCC2)c1F. The van der Waals surface area contributed by atoms with Crippen molar-refractivity contribution in [3.63, 3.8) is 0 Å². The molecule has 80 valence electrons. The number of halogens is 2. The highest BCUT2D eigenvalue weighted by molar-refractivity contribution is 6.31. The number of hydrogen-bond donors (Lipinski definition) is 0. The molecule has 1 saturated carbocycles. The quantitative estimate of drug-likeness (QED) is 0.702. The number of rotatable bonds is 2. The lowest BCUT2D eigenvalue weighted by atomic mass is 9.79. The summed E-state index contributed by atoms with van der Waals surface area (Å²) in [5.41, 5.74) is 0.592. The van der Waals surface area contributed by atoms with Crippen molar-refractivity contribution in [2.24, 2.45) is 5.92 Å². The van der Waals surface area contributed by atoms with Gasteiger partial charge in [0.2, 0.25) is 0 Å². The second kappa shape index (κ2) is 3.93. The van der Waals surface area contributed by atoms with Crippen LogP contribution < -0.4 is 0 Å². The number of aryl methyl sites for hydroxylation is 1. The van der Waals surface area contributed by atoms with Crippen LogP contribution in [0.4, 0.5) is 4.39 Å². The van der Waals surface area contributed by atoms with E-state index in [9.17, 15) is 9.18 Å². The number of carbonyl (C=O) groups excluding carboxylic acids is 1. The van der Waals surface area contributed by atoms with E-state index in [1.165, 1.54) is 12.1 Å². The molecule has 0 heterocycles. The molecule has 0 saturated heterocycles. The molecule has 0 amide bonds. The van der Waals surface area contributed by atoms with E-state index in [-0.39, 0.29) is 17.3 Å². The Morgan fingerprint density at radius 1 is 1.47 bits per heavy atom. The van der Waals surface area contributed by atoms with Gasteiger partial charge in [-0.2, -0.15) is 0 Å². The number of Topliss-reactive ketones (excluding diaryl/α,β-unsaturated/α-hetero) is 1. The van der Waals surface area contributed by atoms with E-state index in [1.54, 1.807) is 6.92 Å². The van der Waals surface area contributed by atoms with Crippen LogP contribution in [0.15, 0.2) is 12.1 Å². The molecule has 0 N–H and O–H groups in total. The smallest absolute Gasteiger partial charge is 0.168 e. The molecular formula is C12H12ClFO. The summed E-state index contributed by atoms with van der Waals surface area (Å²) in [6.45, 7) is 1.62. The van der Waals surface area contributed by atoms with Gasteiger partial charge in [-0.1, -0.05) is 18.0 Å². The fourth-order valence-corrected chi connectivity index (χ4v) is 2.07. The standard InChI is InChI=1S/C12H12ClFO/c1-7-5-9(13)6-10(11(7)14)12(15)8-3-2-4-8/h5-6,8H,2-4H2,1H3. The molecule has 1 aliphatic rings. The van der Waals surface area contributed by atoms with E-state index >= 15 is 0 Å². The first-order valence-electron chi connectivity index (χ1n) is 5.09. The van der Waals surface area contributed by atoms with Crippen molar-refractivity contribution in [2.75, 3.05) is 0 Å².